The highest BCUT2D eigenvalue weighted by Gasteiger charge is 2.12. The van der Waals surface area contributed by atoms with Gasteiger partial charge in [0.2, 0.25) is 0 Å². The highest BCUT2D eigenvalue weighted by atomic mass is 16.6. The fourth-order valence-electron chi connectivity index (χ4n) is 2.20. The van der Waals surface area contributed by atoms with Crippen LogP contribution in [0.4, 0.5) is 10.5 Å². The molecule has 0 radical (unpaired) electrons. The lowest BCUT2D eigenvalue weighted by atomic mass is 10.2. The minimum Gasteiger partial charge on any atom is -0.452 e. The molecule has 9 nitrogen and oxygen atoms in total. The molecule has 0 aliphatic heterocycles. The predicted molar refractivity (Wildman–Crippen MR) is 91.4 cm³/mol. The molecule has 2 heterocycles. The summed E-state index contributed by atoms with van der Waals surface area (Å²) in [4.78, 5) is 27.6. The molecule has 0 atom stereocenters. The van der Waals surface area contributed by atoms with Crippen molar-refractivity contribution in [2.75, 3.05) is 12.4 Å². The molecule has 0 spiro atoms. The van der Waals surface area contributed by atoms with Crippen LogP contribution in [-0.4, -0.2) is 28.0 Å². The fraction of sp³-hybridized carbons (Fsp3) is 0.176. The van der Waals surface area contributed by atoms with E-state index < -0.39 is 11.8 Å². The van der Waals surface area contributed by atoms with Gasteiger partial charge in [0, 0.05) is 23.6 Å². The molecule has 0 saturated heterocycles. The second kappa shape index (κ2) is 7.51. The van der Waals surface area contributed by atoms with E-state index in [9.17, 15) is 9.59 Å². The first kappa shape index (κ1) is 17.2. The van der Waals surface area contributed by atoms with Gasteiger partial charge in [-0.15, -0.1) is 0 Å². The van der Waals surface area contributed by atoms with Crippen LogP contribution in [0.1, 0.15) is 11.1 Å². The molecule has 2 aromatic heterocycles. The molecule has 0 aliphatic carbocycles. The van der Waals surface area contributed by atoms with Crippen LogP contribution >= 0.6 is 0 Å². The van der Waals surface area contributed by atoms with Gasteiger partial charge in [0.1, 0.15) is 6.61 Å². The number of ether oxygens (including phenoxy) is 2. The van der Waals surface area contributed by atoms with Crippen LogP contribution in [0, 0.1) is 6.92 Å². The van der Waals surface area contributed by atoms with Gasteiger partial charge in [-0.3, -0.25) is 10.3 Å². The van der Waals surface area contributed by atoms with Crippen molar-refractivity contribution in [3.8, 4) is 11.8 Å². The summed E-state index contributed by atoms with van der Waals surface area (Å²) in [5, 5.41) is 6.54. The smallest absolute Gasteiger partial charge is 0.444 e. The molecule has 0 saturated carbocycles. The van der Waals surface area contributed by atoms with Gasteiger partial charge in [0.15, 0.2) is 0 Å². The van der Waals surface area contributed by atoms with Crippen LogP contribution in [0.15, 0.2) is 51.9 Å². The molecule has 0 bridgehead atoms. The number of carbonyl (C=O) groups is 1. The number of anilines is 1. The van der Waals surface area contributed by atoms with Crippen LogP contribution in [0.25, 0.3) is 5.69 Å². The van der Waals surface area contributed by atoms with Gasteiger partial charge in [0.25, 0.3) is 0 Å². The van der Waals surface area contributed by atoms with Gasteiger partial charge in [-0.1, -0.05) is 11.2 Å². The lowest BCUT2D eigenvalue weighted by Crippen LogP contribution is -2.16. The lowest BCUT2D eigenvalue weighted by molar-refractivity contribution is 0.155. The quantitative estimate of drug-likeness (QED) is 0.747. The summed E-state index contributed by atoms with van der Waals surface area (Å²) in [6, 6.07) is 8.52. The Morgan fingerprint density at radius 1 is 1.35 bits per heavy atom. The SMILES string of the molecule is COc1nn(-c2ccc(NC(=O)OCc3cccnc3)c(C)c2)c(=O)o1. The Bertz CT molecular complexity index is 965. The Morgan fingerprint density at radius 2 is 2.19 bits per heavy atom. The summed E-state index contributed by atoms with van der Waals surface area (Å²) >= 11 is 0. The third-order valence-electron chi connectivity index (χ3n) is 3.49. The van der Waals surface area contributed by atoms with Crippen molar-refractivity contribution in [2.45, 2.75) is 13.5 Å². The molecule has 1 N–H and O–H groups in total. The van der Waals surface area contributed by atoms with Gasteiger partial charge in [-0.2, -0.15) is 4.68 Å². The van der Waals surface area contributed by atoms with E-state index in [1.807, 2.05) is 6.07 Å². The summed E-state index contributed by atoms with van der Waals surface area (Å²) in [5.74, 6) is -0.669. The van der Waals surface area contributed by atoms with E-state index in [-0.39, 0.29) is 12.7 Å². The van der Waals surface area contributed by atoms with Crippen molar-refractivity contribution in [3.63, 3.8) is 0 Å². The first-order chi connectivity index (χ1) is 12.6. The normalized spacial score (nSPS) is 10.4. The zero-order chi connectivity index (χ0) is 18.5. The van der Waals surface area contributed by atoms with E-state index in [0.717, 1.165) is 15.8 Å². The summed E-state index contributed by atoms with van der Waals surface area (Å²) in [6.07, 6.45) is 2.54. The molecule has 0 fully saturated rings. The van der Waals surface area contributed by atoms with E-state index in [2.05, 4.69) is 15.4 Å². The predicted octanol–water partition coefficient (Wildman–Crippen LogP) is 2.29. The van der Waals surface area contributed by atoms with Gasteiger partial charge in [0.05, 0.1) is 12.8 Å². The maximum atomic E-state index is 11.9. The zero-order valence-corrected chi connectivity index (χ0v) is 14.1. The summed E-state index contributed by atoms with van der Waals surface area (Å²) < 4.78 is 15.8. The number of benzene rings is 1. The van der Waals surface area contributed by atoms with Crippen molar-refractivity contribution in [2.24, 2.45) is 0 Å². The molecule has 3 rings (SSSR count). The number of nitrogens with zero attached hydrogens (tertiary/aromatic N) is 3. The Labute approximate surface area is 148 Å². The molecule has 1 amide bonds. The van der Waals surface area contributed by atoms with E-state index in [1.165, 1.54) is 7.11 Å². The van der Waals surface area contributed by atoms with Crippen molar-refractivity contribution >= 4 is 11.8 Å². The summed E-state index contributed by atoms with van der Waals surface area (Å²) in [6.45, 7) is 1.90. The van der Waals surface area contributed by atoms with Crippen molar-refractivity contribution in [3.05, 3.63) is 64.4 Å². The molecular weight excluding hydrogens is 340 g/mol. The minimum atomic E-state index is -0.669. The maximum Gasteiger partial charge on any atom is 0.444 e. The van der Waals surface area contributed by atoms with Crippen LogP contribution in [-0.2, 0) is 11.3 Å². The molecule has 0 aliphatic rings. The number of aryl methyl sites for hydroxylation is 1. The molecule has 26 heavy (non-hydrogen) atoms. The number of methoxy groups -OCH3 is 1. The zero-order valence-electron chi connectivity index (χ0n) is 14.1. The maximum absolute atomic E-state index is 11.9. The number of carbonyl (C=O) groups excluding carboxylic acids is 1. The van der Waals surface area contributed by atoms with E-state index in [1.54, 1.807) is 43.6 Å². The van der Waals surface area contributed by atoms with Gasteiger partial charge < -0.3 is 13.9 Å². The first-order valence-electron chi connectivity index (χ1n) is 7.64. The van der Waals surface area contributed by atoms with Crippen LogP contribution in [0.2, 0.25) is 0 Å². The number of pyridine rings is 1. The number of nitrogens with one attached hydrogen (secondary N) is 1. The molecule has 1 aromatic carbocycles. The average Bonchev–Trinajstić information content (AvgIpc) is 3.03. The number of aromatic nitrogens is 3. The second-order valence-electron chi connectivity index (χ2n) is 5.31. The summed E-state index contributed by atoms with van der Waals surface area (Å²) in [7, 11) is 1.35. The van der Waals surface area contributed by atoms with Crippen molar-refractivity contribution < 1.29 is 18.7 Å². The molecule has 3 aromatic rings. The number of rotatable bonds is 5. The van der Waals surface area contributed by atoms with Gasteiger partial charge in [-0.05, 0) is 36.8 Å². The Kier molecular flexibility index (Phi) is 4.97. The number of hydrogen-bond acceptors (Lipinski definition) is 7. The fourth-order valence-corrected chi connectivity index (χ4v) is 2.20. The largest absolute Gasteiger partial charge is 0.452 e. The third-order valence-corrected chi connectivity index (χ3v) is 3.49. The topological polar surface area (TPSA) is 108 Å². The summed E-state index contributed by atoms with van der Waals surface area (Å²) in [5.41, 5.74) is 2.53. The van der Waals surface area contributed by atoms with Crippen molar-refractivity contribution in [1.82, 2.24) is 14.8 Å². The monoisotopic (exact) mass is 356 g/mol. The Hall–Kier alpha value is -3.62. The standard InChI is InChI=1S/C17H16N4O5/c1-11-8-13(21-17(23)26-16(20-21)24-2)5-6-14(11)19-15(22)25-10-12-4-3-7-18-9-12/h3-9H,10H2,1-2H3,(H,19,22). The number of amides is 1. The van der Waals surface area contributed by atoms with Gasteiger partial charge >= 0.3 is 17.9 Å². The van der Waals surface area contributed by atoms with Crippen molar-refractivity contribution in [1.29, 1.82) is 0 Å². The van der Waals surface area contributed by atoms with Crippen LogP contribution in [0.3, 0.4) is 0 Å². The Morgan fingerprint density at radius 3 is 2.85 bits per heavy atom. The second-order valence-corrected chi connectivity index (χ2v) is 5.31. The van der Waals surface area contributed by atoms with E-state index in [4.69, 9.17) is 13.9 Å². The average molecular weight is 356 g/mol. The molecule has 0 unspecified atom stereocenters. The molecule has 9 heteroatoms. The Balaban J connectivity index is 1.68. The third kappa shape index (κ3) is 3.89. The lowest BCUT2D eigenvalue weighted by Gasteiger charge is -2.10. The van der Waals surface area contributed by atoms with Crippen LogP contribution < -0.4 is 15.8 Å². The van der Waals surface area contributed by atoms with Gasteiger partial charge in [-0.25, -0.2) is 9.59 Å². The molecule has 134 valence electrons. The number of hydrogen-bond donors (Lipinski definition) is 1. The van der Waals surface area contributed by atoms with E-state index >= 15 is 0 Å². The van der Waals surface area contributed by atoms with Crippen LogP contribution in [0.5, 0.6) is 6.08 Å². The molecular formula is C17H16N4O5. The highest BCUT2D eigenvalue weighted by molar-refractivity contribution is 5.85. The highest BCUT2D eigenvalue weighted by Crippen LogP contribution is 2.19. The van der Waals surface area contributed by atoms with E-state index in [0.29, 0.717) is 11.4 Å². The minimum absolute atomic E-state index is 0.116. The first-order valence-corrected chi connectivity index (χ1v) is 7.64.